The highest BCUT2D eigenvalue weighted by molar-refractivity contribution is 5.78. The third-order valence-electron chi connectivity index (χ3n) is 7.74. The molecule has 4 rings (SSSR count). The Bertz CT molecular complexity index is 466. The normalized spacial score (nSPS) is 33.2. The van der Waals surface area contributed by atoms with Crippen LogP contribution in [0.3, 0.4) is 0 Å². The number of fused-ring (bicyclic) bond motifs is 1. The molecule has 0 aromatic carbocycles. The molecule has 0 spiro atoms. The number of piperidine rings is 1. The zero-order valence-electron chi connectivity index (χ0n) is 16.9. The van der Waals surface area contributed by atoms with Gasteiger partial charge in [0.25, 0.3) is 0 Å². The lowest BCUT2D eigenvalue weighted by Gasteiger charge is -2.43. The molecule has 2 amide bonds. The molecule has 2 heterocycles. The highest BCUT2D eigenvalue weighted by atomic mass is 16.2. The van der Waals surface area contributed by atoms with E-state index in [0.29, 0.717) is 24.2 Å². The topological polar surface area (TPSA) is 26.8 Å². The largest absolute Gasteiger partial charge is 0.320 e. The van der Waals surface area contributed by atoms with Crippen LogP contribution in [-0.2, 0) is 0 Å². The number of carbonyl (C=O) groups excluding carboxylic acids is 1. The molecule has 0 N–H and O–H groups in total. The van der Waals surface area contributed by atoms with E-state index in [0.717, 1.165) is 12.6 Å². The van der Waals surface area contributed by atoms with Crippen LogP contribution in [0.5, 0.6) is 0 Å². The number of nitrogens with zero attached hydrogens (tertiary/aromatic N) is 3. The minimum atomic E-state index is 0.355. The van der Waals surface area contributed by atoms with Crippen molar-refractivity contribution in [2.75, 3.05) is 19.6 Å². The van der Waals surface area contributed by atoms with Gasteiger partial charge in [-0.1, -0.05) is 44.9 Å². The standard InChI is InChI=1S/C22H39N3O/c1-2-24-20-12-8-9-13-21(20)25(22(24)26)19-14-16-23(17-15-19)18-10-6-4-3-5-7-11-18/h18-21H,2-17H2,1H3/t20-,21+/m0/s1. The number of likely N-dealkylation sites (N-methyl/N-ethyl adjacent to an activating group) is 1. The van der Waals surface area contributed by atoms with E-state index in [9.17, 15) is 4.79 Å². The summed E-state index contributed by atoms with van der Waals surface area (Å²) < 4.78 is 0. The number of hydrogen-bond donors (Lipinski definition) is 0. The molecule has 4 aliphatic rings. The Kier molecular flexibility index (Phi) is 6.07. The summed E-state index contributed by atoms with van der Waals surface area (Å²) in [4.78, 5) is 20.4. The summed E-state index contributed by atoms with van der Waals surface area (Å²) >= 11 is 0. The van der Waals surface area contributed by atoms with Gasteiger partial charge >= 0.3 is 6.03 Å². The van der Waals surface area contributed by atoms with Crippen molar-refractivity contribution in [2.45, 2.75) is 115 Å². The molecule has 4 heteroatoms. The van der Waals surface area contributed by atoms with E-state index < -0.39 is 0 Å². The van der Waals surface area contributed by atoms with Crippen molar-refractivity contribution in [1.82, 2.24) is 14.7 Å². The average Bonchev–Trinajstić information content (AvgIpc) is 2.93. The second kappa shape index (κ2) is 8.50. The number of hydrogen-bond acceptors (Lipinski definition) is 2. The van der Waals surface area contributed by atoms with Gasteiger partial charge in [-0.15, -0.1) is 0 Å². The summed E-state index contributed by atoms with van der Waals surface area (Å²) in [5.74, 6) is 0. The smallest absolute Gasteiger partial charge is 0.320 e. The minimum Gasteiger partial charge on any atom is -0.320 e. The highest BCUT2D eigenvalue weighted by Gasteiger charge is 2.48. The zero-order valence-corrected chi connectivity index (χ0v) is 16.9. The number of likely N-dealkylation sites (tertiary alicyclic amines) is 1. The summed E-state index contributed by atoms with van der Waals surface area (Å²) in [5, 5.41) is 0. The summed E-state index contributed by atoms with van der Waals surface area (Å²) in [7, 11) is 0. The highest BCUT2D eigenvalue weighted by Crippen LogP contribution is 2.37. The maximum Gasteiger partial charge on any atom is 0.320 e. The SMILES string of the molecule is CCN1C(=O)N(C2CCN(C3CCCCCCC3)CC2)[C@@H]2CCCC[C@@H]21. The fraction of sp³-hybridized carbons (Fsp3) is 0.955. The second-order valence-corrected chi connectivity index (χ2v) is 9.16. The number of rotatable bonds is 3. The van der Waals surface area contributed by atoms with Crippen molar-refractivity contribution in [2.24, 2.45) is 0 Å². The second-order valence-electron chi connectivity index (χ2n) is 9.16. The van der Waals surface area contributed by atoms with E-state index in [1.54, 1.807) is 0 Å². The molecular formula is C22H39N3O. The summed E-state index contributed by atoms with van der Waals surface area (Å²) in [5.41, 5.74) is 0. The van der Waals surface area contributed by atoms with Gasteiger partial charge in [0, 0.05) is 31.7 Å². The first-order valence-electron chi connectivity index (χ1n) is 11.6. The Hall–Kier alpha value is -0.770. The van der Waals surface area contributed by atoms with E-state index in [1.807, 2.05) is 0 Å². The molecule has 0 aromatic rings. The molecular weight excluding hydrogens is 322 g/mol. The first kappa shape index (κ1) is 18.6. The van der Waals surface area contributed by atoms with Crippen LogP contribution in [0, 0.1) is 0 Å². The molecule has 0 unspecified atom stereocenters. The molecule has 2 aliphatic carbocycles. The van der Waals surface area contributed by atoms with E-state index in [-0.39, 0.29) is 0 Å². The Morgan fingerprint density at radius 3 is 1.96 bits per heavy atom. The fourth-order valence-electron chi connectivity index (χ4n) is 6.34. The van der Waals surface area contributed by atoms with Gasteiger partial charge in [-0.2, -0.15) is 0 Å². The van der Waals surface area contributed by atoms with Crippen LogP contribution in [0.4, 0.5) is 4.79 Å². The van der Waals surface area contributed by atoms with Gasteiger partial charge in [-0.05, 0) is 45.4 Å². The predicted octanol–water partition coefficient (Wildman–Crippen LogP) is 4.63. The van der Waals surface area contributed by atoms with E-state index in [2.05, 4.69) is 21.6 Å². The van der Waals surface area contributed by atoms with Crippen molar-refractivity contribution >= 4 is 6.03 Å². The van der Waals surface area contributed by atoms with Crippen LogP contribution in [-0.4, -0.2) is 64.5 Å². The first-order valence-corrected chi connectivity index (χ1v) is 11.6. The van der Waals surface area contributed by atoms with Gasteiger partial charge in [0.15, 0.2) is 0 Å². The molecule has 0 radical (unpaired) electrons. The van der Waals surface area contributed by atoms with Gasteiger partial charge in [0.1, 0.15) is 0 Å². The number of carbonyl (C=O) groups is 1. The van der Waals surface area contributed by atoms with Crippen molar-refractivity contribution in [3.8, 4) is 0 Å². The van der Waals surface area contributed by atoms with Gasteiger partial charge in [0.2, 0.25) is 0 Å². The molecule has 2 aliphatic heterocycles. The van der Waals surface area contributed by atoms with Crippen LogP contribution >= 0.6 is 0 Å². The third kappa shape index (κ3) is 3.63. The molecule has 0 aromatic heterocycles. The van der Waals surface area contributed by atoms with E-state index in [1.165, 1.54) is 96.6 Å². The number of amides is 2. The van der Waals surface area contributed by atoms with Gasteiger partial charge in [0.05, 0.1) is 12.1 Å². The quantitative estimate of drug-likeness (QED) is 0.732. The first-order chi connectivity index (χ1) is 12.8. The van der Waals surface area contributed by atoms with Gasteiger partial charge in [-0.25, -0.2) is 4.79 Å². The van der Waals surface area contributed by atoms with E-state index >= 15 is 0 Å². The zero-order chi connectivity index (χ0) is 17.9. The van der Waals surface area contributed by atoms with Crippen LogP contribution in [0.15, 0.2) is 0 Å². The molecule has 4 fully saturated rings. The Labute approximate surface area is 160 Å². The van der Waals surface area contributed by atoms with Crippen molar-refractivity contribution < 1.29 is 4.79 Å². The lowest BCUT2D eigenvalue weighted by Crippen LogP contribution is -2.51. The molecule has 2 saturated heterocycles. The molecule has 148 valence electrons. The number of urea groups is 1. The fourth-order valence-corrected chi connectivity index (χ4v) is 6.34. The van der Waals surface area contributed by atoms with E-state index in [4.69, 9.17) is 0 Å². The monoisotopic (exact) mass is 361 g/mol. The van der Waals surface area contributed by atoms with Crippen LogP contribution < -0.4 is 0 Å². The summed E-state index contributed by atoms with van der Waals surface area (Å²) in [6.45, 7) is 5.47. The Morgan fingerprint density at radius 1 is 0.731 bits per heavy atom. The summed E-state index contributed by atoms with van der Waals surface area (Å²) in [6.07, 6.45) is 17.4. The Balaban J connectivity index is 1.37. The molecule has 2 atom stereocenters. The molecule has 26 heavy (non-hydrogen) atoms. The minimum absolute atomic E-state index is 0.355. The third-order valence-corrected chi connectivity index (χ3v) is 7.74. The maximum absolute atomic E-state index is 13.1. The molecule has 0 bridgehead atoms. The van der Waals surface area contributed by atoms with Crippen molar-refractivity contribution in [3.63, 3.8) is 0 Å². The lowest BCUT2D eigenvalue weighted by molar-refractivity contribution is 0.0737. The maximum atomic E-state index is 13.1. The van der Waals surface area contributed by atoms with Gasteiger partial charge < -0.3 is 14.7 Å². The molecule has 4 nitrogen and oxygen atoms in total. The van der Waals surface area contributed by atoms with Gasteiger partial charge in [-0.3, -0.25) is 0 Å². The summed E-state index contributed by atoms with van der Waals surface area (Å²) in [6, 6.07) is 2.68. The lowest BCUT2D eigenvalue weighted by atomic mass is 9.88. The van der Waals surface area contributed by atoms with Crippen molar-refractivity contribution in [1.29, 1.82) is 0 Å². The van der Waals surface area contributed by atoms with Crippen LogP contribution in [0.1, 0.15) is 90.4 Å². The average molecular weight is 362 g/mol. The van der Waals surface area contributed by atoms with Crippen LogP contribution in [0.25, 0.3) is 0 Å². The Morgan fingerprint density at radius 2 is 1.31 bits per heavy atom. The molecule has 2 saturated carbocycles. The van der Waals surface area contributed by atoms with Crippen LogP contribution in [0.2, 0.25) is 0 Å². The predicted molar refractivity (Wildman–Crippen MR) is 106 cm³/mol. The van der Waals surface area contributed by atoms with Crippen molar-refractivity contribution in [3.05, 3.63) is 0 Å².